The molecule has 0 radical (unpaired) electrons. The summed E-state index contributed by atoms with van der Waals surface area (Å²) in [6.45, 7) is 0. The number of alkyl halides is 5. The maximum atomic E-state index is 12.6. The monoisotopic (exact) mass is 267 g/mol. The summed E-state index contributed by atoms with van der Waals surface area (Å²) in [5.74, 6) is -9.10. The Morgan fingerprint density at radius 3 is 2.33 bits per heavy atom. The molecular formula is C10H6F5NO2. The van der Waals surface area contributed by atoms with Crippen LogP contribution >= 0.6 is 0 Å². The molecule has 0 bridgehead atoms. The molecule has 0 aliphatic carbocycles. The van der Waals surface area contributed by atoms with Crippen molar-refractivity contribution in [1.82, 2.24) is 4.98 Å². The first-order valence-electron chi connectivity index (χ1n) is 4.46. The normalized spacial score (nSPS) is 13.5. The van der Waals surface area contributed by atoms with Crippen molar-refractivity contribution in [3.8, 4) is 0 Å². The topological polar surface area (TPSA) is 50.2 Å². The molecule has 1 heterocycles. The number of carbonyl (C=O) groups is 1. The fraction of sp³-hybridized carbons (Fsp3) is 0.200. The highest BCUT2D eigenvalue weighted by atomic mass is 19.4. The van der Waals surface area contributed by atoms with Gasteiger partial charge in [0.2, 0.25) is 5.78 Å². The van der Waals surface area contributed by atoms with Gasteiger partial charge in [-0.2, -0.15) is 22.0 Å². The van der Waals surface area contributed by atoms with Crippen LogP contribution in [0.5, 0.6) is 0 Å². The fourth-order valence-corrected chi connectivity index (χ4v) is 0.952. The minimum absolute atomic E-state index is 0.149. The third-order valence-corrected chi connectivity index (χ3v) is 1.89. The SMILES string of the molecule is O=C(C=C(O)c1cccnc1)C(F)(F)C(F)(F)F. The summed E-state index contributed by atoms with van der Waals surface area (Å²) >= 11 is 0. The lowest BCUT2D eigenvalue weighted by Crippen LogP contribution is -2.43. The van der Waals surface area contributed by atoms with Crippen LogP contribution in [0, 0.1) is 0 Å². The molecule has 0 unspecified atom stereocenters. The van der Waals surface area contributed by atoms with Crippen LogP contribution < -0.4 is 0 Å². The van der Waals surface area contributed by atoms with Gasteiger partial charge in [0.05, 0.1) is 0 Å². The molecule has 1 N–H and O–H groups in total. The van der Waals surface area contributed by atoms with Gasteiger partial charge >= 0.3 is 12.1 Å². The van der Waals surface area contributed by atoms with Crippen LogP contribution in [-0.4, -0.2) is 28.0 Å². The van der Waals surface area contributed by atoms with Gasteiger partial charge in [0.15, 0.2) is 0 Å². The number of allylic oxidation sites excluding steroid dienone is 1. The van der Waals surface area contributed by atoms with Gasteiger partial charge in [-0.15, -0.1) is 0 Å². The molecule has 1 aromatic rings. The number of aliphatic hydroxyl groups is 1. The standard InChI is InChI=1S/C10H6F5NO2/c11-9(12,10(13,14)15)8(18)4-7(17)6-2-1-3-16-5-6/h1-5,17H. The Morgan fingerprint density at radius 1 is 1.28 bits per heavy atom. The second kappa shape index (κ2) is 4.71. The lowest BCUT2D eigenvalue weighted by atomic mass is 10.1. The Hall–Kier alpha value is -1.99. The summed E-state index contributed by atoms with van der Waals surface area (Å²) in [4.78, 5) is 14.3. The fourth-order valence-electron chi connectivity index (χ4n) is 0.952. The third-order valence-electron chi connectivity index (χ3n) is 1.89. The van der Waals surface area contributed by atoms with Gasteiger partial charge in [-0.05, 0) is 12.1 Å². The van der Waals surface area contributed by atoms with E-state index in [4.69, 9.17) is 0 Å². The molecule has 0 fully saturated rings. The summed E-state index contributed by atoms with van der Waals surface area (Å²) in [5, 5.41) is 9.22. The number of ketones is 1. The number of pyridine rings is 1. The maximum absolute atomic E-state index is 12.6. The zero-order valence-corrected chi connectivity index (χ0v) is 8.58. The molecule has 0 saturated heterocycles. The van der Waals surface area contributed by atoms with Gasteiger partial charge in [-0.25, -0.2) is 0 Å². The molecule has 3 nitrogen and oxygen atoms in total. The van der Waals surface area contributed by atoms with Gasteiger partial charge in [0.1, 0.15) is 5.76 Å². The lowest BCUT2D eigenvalue weighted by molar-refractivity contribution is -0.266. The number of halogens is 5. The smallest absolute Gasteiger partial charge is 0.461 e. The average molecular weight is 267 g/mol. The van der Waals surface area contributed by atoms with Crippen molar-refractivity contribution < 1.29 is 31.9 Å². The quantitative estimate of drug-likeness (QED) is 0.520. The van der Waals surface area contributed by atoms with E-state index in [1.807, 2.05) is 0 Å². The second-order valence-corrected chi connectivity index (χ2v) is 3.21. The molecule has 0 aromatic carbocycles. The van der Waals surface area contributed by atoms with Crippen molar-refractivity contribution in [1.29, 1.82) is 0 Å². The van der Waals surface area contributed by atoms with Gasteiger partial charge in [0, 0.05) is 24.0 Å². The average Bonchev–Trinajstić information content (AvgIpc) is 2.28. The number of carbonyl (C=O) groups excluding carboxylic acids is 1. The molecule has 0 saturated carbocycles. The first-order chi connectivity index (χ1) is 8.16. The van der Waals surface area contributed by atoms with Crippen molar-refractivity contribution in [2.75, 3.05) is 0 Å². The summed E-state index contributed by atoms with van der Waals surface area (Å²) in [5.41, 5.74) is -0.149. The van der Waals surface area contributed by atoms with E-state index in [1.54, 1.807) is 0 Å². The third kappa shape index (κ3) is 2.82. The van der Waals surface area contributed by atoms with Gasteiger partial charge < -0.3 is 5.11 Å². The van der Waals surface area contributed by atoms with Crippen LogP contribution in [0.15, 0.2) is 30.6 Å². The summed E-state index contributed by atoms with van der Waals surface area (Å²) in [6.07, 6.45) is -3.88. The molecule has 18 heavy (non-hydrogen) atoms. The minimum atomic E-state index is -6.00. The predicted molar refractivity (Wildman–Crippen MR) is 50.9 cm³/mol. The number of aromatic nitrogens is 1. The molecule has 0 spiro atoms. The van der Waals surface area contributed by atoms with Gasteiger partial charge in [-0.3, -0.25) is 9.78 Å². The predicted octanol–water partition coefficient (Wildman–Crippen LogP) is 2.75. The Bertz CT molecular complexity index is 467. The van der Waals surface area contributed by atoms with Crippen molar-refractivity contribution in [2.24, 2.45) is 0 Å². The van der Waals surface area contributed by atoms with E-state index in [2.05, 4.69) is 4.98 Å². The van der Waals surface area contributed by atoms with E-state index in [-0.39, 0.29) is 11.6 Å². The molecule has 1 aromatic heterocycles. The molecule has 1 rings (SSSR count). The van der Waals surface area contributed by atoms with Gasteiger partial charge in [-0.1, -0.05) is 0 Å². The van der Waals surface area contributed by atoms with Crippen molar-refractivity contribution in [2.45, 2.75) is 12.1 Å². The number of rotatable bonds is 3. The minimum Gasteiger partial charge on any atom is -0.507 e. The van der Waals surface area contributed by atoms with E-state index >= 15 is 0 Å². The molecule has 0 aliphatic heterocycles. The van der Waals surface area contributed by atoms with Crippen LogP contribution in [0.1, 0.15) is 5.56 Å². The second-order valence-electron chi connectivity index (χ2n) is 3.21. The summed E-state index contributed by atoms with van der Waals surface area (Å²) in [7, 11) is 0. The van der Waals surface area contributed by atoms with Crippen LogP contribution in [-0.2, 0) is 4.79 Å². The van der Waals surface area contributed by atoms with E-state index in [9.17, 15) is 31.9 Å². The molecule has 98 valence electrons. The Morgan fingerprint density at radius 2 is 1.89 bits per heavy atom. The van der Waals surface area contributed by atoms with E-state index in [0.29, 0.717) is 0 Å². The highest BCUT2D eigenvalue weighted by Gasteiger charge is 2.62. The first-order valence-corrected chi connectivity index (χ1v) is 4.46. The van der Waals surface area contributed by atoms with E-state index in [1.165, 1.54) is 18.3 Å². The Labute approximate surface area is 97.6 Å². The number of nitrogens with zero attached hydrogens (tertiary/aromatic N) is 1. The molecule has 0 amide bonds. The van der Waals surface area contributed by atoms with Crippen LogP contribution in [0.3, 0.4) is 0 Å². The summed E-state index contributed by atoms with van der Waals surface area (Å²) in [6, 6.07) is 2.50. The Kier molecular flexibility index (Phi) is 3.68. The maximum Gasteiger partial charge on any atom is 0.461 e. The zero-order chi connectivity index (χ0) is 14.0. The highest BCUT2D eigenvalue weighted by molar-refractivity contribution is 6.00. The molecular weight excluding hydrogens is 261 g/mol. The van der Waals surface area contributed by atoms with E-state index < -0.39 is 23.6 Å². The molecule has 0 atom stereocenters. The molecule has 8 heteroatoms. The number of hydrogen-bond donors (Lipinski definition) is 1. The van der Waals surface area contributed by atoms with Crippen molar-refractivity contribution in [3.05, 3.63) is 36.2 Å². The first kappa shape index (κ1) is 14.1. The zero-order valence-electron chi connectivity index (χ0n) is 8.58. The number of hydrogen-bond acceptors (Lipinski definition) is 3. The number of aliphatic hydroxyl groups excluding tert-OH is 1. The van der Waals surface area contributed by atoms with E-state index in [0.717, 1.165) is 6.20 Å². The lowest BCUT2D eigenvalue weighted by Gasteiger charge is -2.16. The Balaban J connectivity index is 3.01. The van der Waals surface area contributed by atoms with Crippen LogP contribution in [0.2, 0.25) is 0 Å². The van der Waals surface area contributed by atoms with Crippen LogP contribution in [0.25, 0.3) is 5.76 Å². The van der Waals surface area contributed by atoms with Crippen LogP contribution in [0.4, 0.5) is 22.0 Å². The van der Waals surface area contributed by atoms with Crippen molar-refractivity contribution in [3.63, 3.8) is 0 Å². The summed E-state index contributed by atoms with van der Waals surface area (Å²) < 4.78 is 60.6. The molecule has 0 aliphatic rings. The van der Waals surface area contributed by atoms with Crippen molar-refractivity contribution >= 4 is 11.5 Å². The highest BCUT2D eigenvalue weighted by Crippen LogP contribution is 2.36. The largest absolute Gasteiger partial charge is 0.507 e. The van der Waals surface area contributed by atoms with Gasteiger partial charge in [0.25, 0.3) is 0 Å².